The van der Waals surface area contributed by atoms with Crippen LogP contribution in [0.25, 0.3) is 0 Å². The van der Waals surface area contributed by atoms with Crippen molar-refractivity contribution in [1.29, 1.82) is 0 Å². The maximum absolute atomic E-state index is 10.7. The topological polar surface area (TPSA) is 58.6 Å². The lowest BCUT2D eigenvalue weighted by molar-refractivity contribution is 0.160. The molecule has 0 aromatic heterocycles. The van der Waals surface area contributed by atoms with E-state index in [4.69, 9.17) is 5.11 Å². The van der Waals surface area contributed by atoms with Crippen molar-refractivity contribution in [2.45, 2.75) is 19.8 Å². The fourth-order valence-corrected chi connectivity index (χ4v) is 0.552. The molecule has 0 radical (unpaired) electrons. The fourth-order valence-electron chi connectivity index (χ4n) is 0.552. The lowest BCUT2D eigenvalue weighted by atomic mass is 10.3. The Morgan fingerprint density at radius 3 is 3.00 bits per heavy atom. The van der Waals surface area contributed by atoms with E-state index < -0.39 is 6.09 Å². The molecule has 4 heteroatoms. The zero-order chi connectivity index (χ0) is 9.23. The number of nitrogens with one attached hydrogen (secondary N) is 1. The first-order valence-electron chi connectivity index (χ1n) is 3.83. The Kier molecular flexibility index (Phi) is 6.85. The molecule has 0 aromatic carbocycles. The van der Waals surface area contributed by atoms with Crippen molar-refractivity contribution in [1.82, 2.24) is 5.32 Å². The molecule has 0 atom stereocenters. The van der Waals surface area contributed by atoms with Crippen LogP contribution in [-0.2, 0) is 4.74 Å². The molecule has 4 nitrogen and oxygen atoms in total. The van der Waals surface area contributed by atoms with Gasteiger partial charge in [0.15, 0.2) is 6.61 Å². The van der Waals surface area contributed by atoms with E-state index in [2.05, 4.69) is 16.0 Å². The van der Waals surface area contributed by atoms with Gasteiger partial charge >= 0.3 is 6.09 Å². The molecule has 1 amide bonds. The number of carbonyl (C=O) groups is 1. The second kappa shape index (κ2) is 7.73. The van der Waals surface area contributed by atoms with Crippen molar-refractivity contribution < 1.29 is 14.6 Å². The van der Waals surface area contributed by atoms with E-state index in [1.54, 1.807) is 6.11 Å². The van der Waals surface area contributed by atoms with Crippen LogP contribution in [0.1, 0.15) is 19.8 Å². The SMILES string of the molecule is CCCCNC(=O)OCC#CO. The minimum Gasteiger partial charge on any atom is -0.462 e. The number of amides is 1. The zero-order valence-corrected chi connectivity index (χ0v) is 7.09. The summed E-state index contributed by atoms with van der Waals surface area (Å²) in [5.74, 6) is 2.19. The standard InChI is InChI=1S/C8H13NO3/c1-2-3-5-9-8(11)12-7-4-6-10/h10H,2-3,5,7H2,1H3,(H,9,11). The number of carbonyl (C=O) groups excluding carboxylic acids is 1. The summed E-state index contributed by atoms with van der Waals surface area (Å²) in [4.78, 5) is 10.7. The van der Waals surface area contributed by atoms with Crippen LogP contribution in [0.2, 0.25) is 0 Å². The Morgan fingerprint density at radius 2 is 2.42 bits per heavy atom. The second-order valence-electron chi connectivity index (χ2n) is 2.15. The van der Waals surface area contributed by atoms with Crippen molar-refractivity contribution in [3.05, 3.63) is 0 Å². The summed E-state index contributed by atoms with van der Waals surface area (Å²) < 4.78 is 4.55. The highest BCUT2D eigenvalue weighted by molar-refractivity contribution is 5.67. The lowest BCUT2D eigenvalue weighted by Gasteiger charge is -2.02. The summed E-state index contributed by atoms with van der Waals surface area (Å²) >= 11 is 0. The summed E-state index contributed by atoms with van der Waals surface area (Å²) in [5.41, 5.74) is 0. The monoisotopic (exact) mass is 171 g/mol. The van der Waals surface area contributed by atoms with E-state index >= 15 is 0 Å². The normalized spacial score (nSPS) is 8.08. The quantitative estimate of drug-likeness (QED) is 0.487. The van der Waals surface area contributed by atoms with Gasteiger partial charge in [-0.1, -0.05) is 13.3 Å². The Labute approximate surface area is 71.9 Å². The van der Waals surface area contributed by atoms with E-state index in [0.29, 0.717) is 6.54 Å². The van der Waals surface area contributed by atoms with Gasteiger partial charge in [0.05, 0.1) is 0 Å². The molecule has 68 valence electrons. The second-order valence-corrected chi connectivity index (χ2v) is 2.15. The molecule has 0 saturated heterocycles. The summed E-state index contributed by atoms with van der Waals surface area (Å²) in [5, 5.41) is 10.6. The van der Waals surface area contributed by atoms with Gasteiger partial charge in [0.2, 0.25) is 0 Å². The van der Waals surface area contributed by atoms with Crippen molar-refractivity contribution >= 4 is 6.09 Å². The Hall–Kier alpha value is -1.37. The van der Waals surface area contributed by atoms with Crippen LogP contribution in [0.3, 0.4) is 0 Å². The summed E-state index contributed by atoms with van der Waals surface area (Å²) in [6, 6.07) is 0. The van der Waals surface area contributed by atoms with Gasteiger partial charge < -0.3 is 15.2 Å². The largest absolute Gasteiger partial charge is 0.462 e. The molecule has 0 rings (SSSR count). The van der Waals surface area contributed by atoms with Gasteiger partial charge in [-0.2, -0.15) is 0 Å². The van der Waals surface area contributed by atoms with Crippen molar-refractivity contribution in [3.63, 3.8) is 0 Å². The van der Waals surface area contributed by atoms with Crippen molar-refractivity contribution in [3.8, 4) is 12.0 Å². The third-order valence-corrected chi connectivity index (χ3v) is 1.15. The van der Waals surface area contributed by atoms with Crippen molar-refractivity contribution in [2.24, 2.45) is 0 Å². The molecular formula is C8H13NO3. The van der Waals surface area contributed by atoms with Crippen LogP contribution in [0.15, 0.2) is 0 Å². The Bertz CT molecular complexity index is 180. The van der Waals surface area contributed by atoms with Gasteiger partial charge in [-0.25, -0.2) is 4.79 Å². The van der Waals surface area contributed by atoms with E-state index in [9.17, 15) is 4.79 Å². The predicted octanol–water partition coefficient (Wildman–Crippen LogP) is 0.846. The van der Waals surface area contributed by atoms with Gasteiger partial charge in [0, 0.05) is 6.54 Å². The summed E-state index contributed by atoms with van der Waals surface area (Å²) in [6.07, 6.45) is 3.10. The van der Waals surface area contributed by atoms with E-state index in [1.165, 1.54) is 0 Å². The average molecular weight is 171 g/mol. The molecular weight excluding hydrogens is 158 g/mol. The number of aliphatic hydroxyl groups excluding tert-OH is 1. The zero-order valence-electron chi connectivity index (χ0n) is 7.09. The van der Waals surface area contributed by atoms with Crippen LogP contribution in [0.5, 0.6) is 0 Å². The molecule has 12 heavy (non-hydrogen) atoms. The average Bonchev–Trinajstić information content (AvgIpc) is 2.06. The minimum atomic E-state index is -0.494. The molecule has 0 spiro atoms. The number of ether oxygens (including phenoxy) is 1. The van der Waals surface area contributed by atoms with Crippen LogP contribution >= 0.6 is 0 Å². The van der Waals surface area contributed by atoms with E-state index in [-0.39, 0.29) is 6.61 Å². The third-order valence-electron chi connectivity index (χ3n) is 1.15. The number of hydrogen-bond acceptors (Lipinski definition) is 3. The molecule has 2 N–H and O–H groups in total. The molecule has 0 aliphatic heterocycles. The van der Waals surface area contributed by atoms with Gasteiger partial charge in [-0.05, 0) is 12.3 Å². The van der Waals surface area contributed by atoms with E-state index in [1.807, 2.05) is 6.92 Å². The molecule has 0 fully saturated rings. The maximum Gasteiger partial charge on any atom is 0.408 e. The van der Waals surface area contributed by atoms with E-state index in [0.717, 1.165) is 12.8 Å². The molecule has 0 unspecified atom stereocenters. The first-order valence-corrected chi connectivity index (χ1v) is 3.83. The fraction of sp³-hybridized carbons (Fsp3) is 0.625. The minimum absolute atomic E-state index is 0.0749. The van der Waals surface area contributed by atoms with Gasteiger partial charge in [-0.3, -0.25) is 0 Å². The summed E-state index contributed by atoms with van der Waals surface area (Å²) in [6.45, 7) is 2.57. The first kappa shape index (κ1) is 10.6. The smallest absolute Gasteiger partial charge is 0.408 e. The molecule has 0 aliphatic carbocycles. The first-order chi connectivity index (χ1) is 5.81. The molecule has 0 heterocycles. The van der Waals surface area contributed by atoms with Crippen LogP contribution in [-0.4, -0.2) is 24.4 Å². The molecule has 0 bridgehead atoms. The number of unbranched alkanes of at least 4 members (excludes halogenated alkanes) is 1. The highest BCUT2D eigenvalue weighted by Gasteiger charge is 1.97. The highest BCUT2D eigenvalue weighted by Crippen LogP contribution is 1.83. The molecule has 0 aromatic rings. The maximum atomic E-state index is 10.7. The van der Waals surface area contributed by atoms with Crippen molar-refractivity contribution in [2.75, 3.05) is 13.2 Å². The number of alkyl carbamates (subject to hydrolysis) is 1. The number of aliphatic hydroxyl groups is 1. The van der Waals surface area contributed by atoms with Gasteiger partial charge in [0.25, 0.3) is 0 Å². The molecule has 0 aliphatic rings. The predicted molar refractivity (Wildman–Crippen MR) is 44.0 cm³/mol. The van der Waals surface area contributed by atoms with Gasteiger partial charge in [-0.15, -0.1) is 0 Å². The summed E-state index contributed by atoms with van der Waals surface area (Å²) in [7, 11) is 0. The molecule has 0 saturated carbocycles. The van der Waals surface area contributed by atoms with Crippen LogP contribution in [0.4, 0.5) is 4.79 Å². The number of hydrogen-bond donors (Lipinski definition) is 2. The van der Waals surface area contributed by atoms with Crippen LogP contribution in [0, 0.1) is 12.0 Å². The lowest BCUT2D eigenvalue weighted by Crippen LogP contribution is -2.25. The van der Waals surface area contributed by atoms with Gasteiger partial charge in [0.1, 0.15) is 6.11 Å². The van der Waals surface area contributed by atoms with Crippen LogP contribution < -0.4 is 5.32 Å². The third kappa shape index (κ3) is 6.75. The Balaban J connectivity index is 3.25. The number of rotatable bonds is 4. The highest BCUT2D eigenvalue weighted by atomic mass is 16.5. The Morgan fingerprint density at radius 1 is 1.67 bits per heavy atom.